The van der Waals surface area contributed by atoms with Gasteiger partial charge in [-0.3, -0.25) is 4.79 Å². The zero-order chi connectivity index (χ0) is 10.9. The number of para-hydroxylation sites is 1. The molecule has 1 aromatic carbocycles. The Morgan fingerprint density at radius 2 is 2.07 bits per heavy atom. The molecule has 0 atom stereocenters. The molecule has 0 aromatic heterocycles. The molecule has 0 fully saturated rings. The molecule has 0 aliphatic rings. The second kappa shape index (κ2) is 7.35. The third-order valence-corrected chi connectivity index (χ3v) is 2.53. The third kappa shape index (κ3) is 5.47. The summed E-state index contributed by atoms with van der Waals surface area (Å²) in [5.74, 6) is 1.79. The standard InChI is InChI=1S/C12H16O2S/c1-15-10-11(13)6-5-9-14-12-7-3-2-4-8-12/h2-4,7-8H,5-6,9-10H2,1H3. The van der Waals surface area contributed by atoms with Gasteiger partial charge in [0.05, 0.1) is 12.4 Å². The van der Waals surface area contributed by atoms with E-state index in [-0.39, 0.29) is 0 Å². The Hall–Kier alpha value is -0.960. The summed E-state index contributed by atoms with van der Waals surface area (Å²) in [7, 11) is 0. The molecule has 3 heteroatoms. The summed E-state index contributed by atoms with van der Waals surface area (Å²) < 4.78 is 5.48. The second-order valence-corrected chi connectivity index (χ2v) is 4.10. The maximum atomic E-state index is 11.2. The molecule has 0 aliphatic carbocycles. The van der Waals surface area contributed by atoms with Crippen LogP contribution in [0.4, 0.5) is 0 Å². The quantitative estimate of drug-likeness (QED) is 0.666. The molecular weight excluding hydrogens is 208 g/mol. The van der Waals surface area contributed by atoms with Gasteiger partial charge in [-0.05, 0) is 24.8 Å². The average Bonchev–Trinajstić information content (AvgIpc) is 2.26. The minimum absolute atomic E-state index is 0.305. The zero-order valence-electron chi connectivity index (χ0n) is 8.94. The Bertz CT molecular complexity index is 285. The lowest BCUT2D eigenvalue weighted by Crippen LogP contribution is -2.05. The van der Waals surface area contributed by atoms with E-state index in [2.05, 4.69) is 0 Å². The molecule has 0 aliphatic heterocycles. The number of ether oxygens (including phenoxy) is 1. The highest BCUT2D eigenvalue weighted by molar-refractivity contribution is 7.99. The first kappa shape index (κ1) is 12.1. The Morgan fingerprint density at radius 1 is 1.33 bits per heavy atom. The topological polar surface area (TPSA) is 26.3 Å². The van der Waals surface area contributed by atoms with Crippen LogP contribution >= 0.6 is 11.8 Å². The van der Waals surface area contributed by atoms with Crippen molar-refractivity contribution >= 4 is 17.5 Å². The van der Waals surface area contributed by atoms with Crippen LogP contribution in [0, 0.1) is 0 Å². The van der Waals surface area contributed by atoms with Crippen molar-refractivity contribution in [1.82, 2.24) is 0 Å². The molecule has 0 amide bonds. The summed E-state index contributed by atoms with van der Waals surface area (Å²) in [4.78, 5) is 11.2. The number of thioether (sulfide) groups is 1. The van der Waals surface area contributed by atoms with Crippen molar-refractivity contribution in [2.45, 2.75) is 12.8 Å². The Kier molecular flexibility index (Phi) is 5.93. The summed E-state index contributed by atoms with van der Waals surface area (Å²) in [6.07, 6.45) is 3.36. The minimum atomic E-state index is 0.305. The molecule has 1 aromatic rings. The molecular formula is C12H16O2S. The number of carbonyl (C=O) groups is 1. The fourth-order valence-electron chi connectivity index (χ4n) is 1.21. The zero-order valence-corrected chi connectivity index (χ0v) is 9.76. The van der Waals surface area contributed by atoms with Crippen molar-refractivity contribution in [1.29, 1.82) is 0 Å². The van der Waals surface area contributed by atoms with Gasteiger partial charge in [-0.1, -0.05) is 18.2 Å². The van der Waals surface area contributed by atoms with Gasteiger partial charge in [0.15, 0.2) is 0 Å². The Balaban J connectivity index is 2.10. The van der Waals surface area contributed by atoms with E-state index in [1.165, 1.54) is 0 Å². The average molecular weight is 224 g/mol. The van der Waals surface area contributed by atoms with Crippen LogP contribution in [0.1, 0.15) is 12.8 Å². The van der Waals surface area contributed by atoms with Crippen LogP contribution in [-0.2, 0) is 4.79 Å². The molecule has 2 nitrogen and oxygen atoms in total. The van der Waals surface area contributed by atoms with Crippen LogP contribution in [0.25, 0.3) is 0 Å². The molecule has 0 saturated heterocycles. The van der Waals surface area contributed by atoms with Crippen molar-refractivity contribution in [2.24, 2.45) is 0 Å². The van der Waals surface area contributed by atoms with Crippen LogP contribution < -0.4 is 4.74 Å². The molecule has 0 saturated carbocycles. The molecule has 0 heterocycles. The van der Waals surface area contributed by atoms with Gasteiger partial charge in [0, 0.05) is 6.42 Å². The van der Waals surface area contributed by atoms with Crippen LogP contribution in [0.15, 0.2) is 30.3 Å². The monoisotopic (exact) mass is 224 g/mol. The van der Waals surface area contributed by atoms with E-state index in [4.69, 9.17) is 4.74 Å². The Labute approximate surface area is 95.0 Å². The number of benzene rings is 1. The number of carbonyl (C=O) groups excluding carboxylic acids is 1. The largest absolute Gasteiger partial charge is 0.494 e. The first-order valence-electron chi connectivity index (χ1n) is 5.01. The highest BCUT2D eigenvalue weighted by Gasteiger charge is 2.00. The summed E-state index contributed by atoms with van der Waals surface area (Å²) in [5.41, 5.74) is 0. The van der Waals surface area contributed by atoms with E-state index < -0.39 is 0 Å². The normalized spacial score (nSPS) is 9.93. The van der Waals surface area contributed by atoms with E-state index in [0.29, 0.717) is 24.6 Å². The number of hydrogen-bond donors (Lipinski definition) is 0. The smallest absolute Gasteiger partial charge is 0.142 e. The van der Waals surface area contributed by atoms with E-state index in [0.717, 1.165) is 12.2 Å². The van der Waals surface area contributed by atoms with Gasteiger partial charge >= 0.3 is 0 Å². The van der Waals surface area contributed by atoms with E-state index in [9.17, 15) is 4.79 Å². The molecule has 0 unspecified atom stereocenters. The number of hydrogen-bond acceptors (Lipinski definition) is 3. The predicted molar refractivity (Wildman–Crippen MR) is 64.6 cm³/mol. The molecule has 0 bridgehead atoms. The summed E-state index contributed by atoms with van der Waals surface area (Å²) in [6.45, 7) is 0.615. The molecule has 0 radical (unpaired) electrons. The fourth-order valence-corrected chi connectivity index (χ4v) is 1.68. The molecule has 0 spiro atoms. The van der Waals surface area contributed by atoms with Crippen molar-refractivity contribution < 1.29 is 9.53 Å². The van der Waals surface area contributed by atoms with Crippen molar-refractivity contribution in [2.75, 3.05) is 18.6 Å². The predicted octanol–water partition coefficient (Wildman–Crippen LogP) is 2.78. The van der Waals surface area contributed by atoms with E-state index in [1.54, 1.807) is 11.8 Å². The molecule has 82 valence electrons. The van der Waals surface area contributed by atoms with Crippen molar-refractivity contribution in [3.63, 3.8) is 0 Å². The Morgan fingerprint density at radius 3 is 2.73 bits per heavy atom. The van der Waals surface area contributed by atoms with Crippen molar-refractivity contribution in [3.8, 4) is 5.75 Å². The maximum Gasteiger partial charge on any atom is 0.142 e. The van der Waals surface area contributed by atoms with Gasteiger partial charge in [0.25, 0.3) is 0 Å². The summed E-state index contributed by atoms with van der Waals surface area (Å²) >= 11 is 1.57. The van der Waals surface area contributed by atoms with Crippen LogP contribution in [0.3, 0.4) is 0 Å². The lowest BCUT2D eigenvalue weighted by Gasteiger charge is -2.04. The highest BCUT2D eigenvalue weighted by Crippen LogP contribution is 2.09. The van der Waals surface area contributed by atoms with Gasteiger partial charge in [0.1, 0.15) is 11.5 Å². The van der Waals surface area contributed by atoms with Crippen molar-refractivity contribution in [3.05, 3.63) is 30.3 Å². The van der Waals surface area contributed by atoms with Gasteiger partial charge in [0.2, 0.25) is 0 Å². The van der Waals surface area contributed by atoms with Gasteiger partial charge in [-0.2, -0.15) is 11.8 Å². The lowest BCUT2D eigenvalue weighted by molar-refractivity contribution is -0.116. The first-order valence-corrected chi connectivity index (χ1v) is 6.41. The second-order valence-electron chi connectivity index (χ2n) is 3.24. The SMILES string of the molecule is CSCC(=O)CCCOc1ccccc1. The fraction of sp³-hybridized carbons (Fsp3) is 0.417. The van der Waals surface area contributed by atoms with E-state index >= 15 is 0 Å². The van der Waals surface area contributed by atoms with E-state index in [1.807, 2.05) is 36.6 Å². The van der Waals surface area contributed by atoms with Crippen LogP contribution in [0.2, 0.25) is 0 Å². The van der Waals surface area contributed by atoms with Crippen LogP contribution in [0.5, 0.6) is 5.75 Å². The summed E-state index contributed by atoms with van der Waals surface area (Å²) in [6, 6.07) is 9.67. The number of ketones is 1. The number of rotatable bonds is 7. The minimum Gasteiger partial charge on any atom is -0.494 e. The third-order valence-electron chi connectivity index (χ3n) is 1.92. The first-order chi connectivity index (χ1) is 7.33. The van der Waals surface area contributed by atoms with Gasteiger partial charge in [-0.25, -0.2) is 0 Å². The lowest BCUT2D eigenvalue weighted by atomic mass is 10.2. The van der Waals surface area contributed by atoms with Gasteiger partial charge < -0.3 is 4.74 Å². The van der Waals surface area contributed by atoms with Crippen LogP contribution in [-0.4, -0.2) is 24.4 Å². The summed E-state index contributed by atoms with van der Waals surface area (Å²) in [5, 5.41) is 0. The molecule has 15 heavy (non-hydrogen) atoms. The molecule has 1 rings (SSSR count). The number of Topliss-reactive ketones (excluding diaryl/α,β-unsaturated/α-hetero) is 1. The maximum absolute atomic E-state index is 11.2. The molecule has 0 N–H and O–H groups in total. The van der Waals surface area contributed by atoms with Gasteiger partial charge in [-0.15, -0.1) is 0 Å². The highest BCUT2D eigenvalue weighted by atomic mass is 32.2.